The lowest BCUT2D eigenvalue weighted by Gasteiger charge is -2.06. The summed E-state index contributed by atoms with van der Waals surface area (Å²) in [6.07, 6.45) is 0.715. The summed E-state index contributed by atoms with van der Waals surface area (Å²) < 4.78 is 0. The summed E-state index contributed by atoms with van der Waals surface area (Å²) >= 11 is 0. The summed E-state index contributed by atoms with van der Waals surface area (Å²) in [4.78, 5) is 11.2. The van der Waals surface area contributed by atoms with Crippen LogP contribution in [-0.2, 0) is 4.79 Å². The molecule has 0 amide bonds. The van der Waals surface area contributed by atoms with Crippen molar-refractivity contribution in [3.05, 3.63) is 29.8 Å². The molecule has 3 heteroatoms. The first kappa shape index (κ1) is 9.21. The molecule has 1 aliphatic carbocycles. The van der Waals surface area contributed by atoms with E-state index < -0.39 is 5.54 Å². The van der Waals surface area contributed by atoms with E-state index in [4.69, 9.17) is 10.8 Å². The minimum absolute atomic E-state index is 0.0376. The number of phenols is 1. The highest BCUT2D eigenvalue weighted by atomic mass is 16.3. The Morgan fingerprint density at radius 3 is 2.50 bits per heavy atom. The molecule has 0 heterocycles. The first-order valence-corrected chi connectivity index (χ1v) is 4.63. The third-order valence-corrected chi connectivity index (χ3v) is 2.95. The molecule has 0 saturated heterocycles. The highest BCUT2D eigenvalue weighted by Crippen LogP contribution is 2.50. The van der Waals surface area contributed by atoms with Crippen molar-refractivity contribution < 1.29 is 9.90 Å². The Balaban J connectivity index is 2.21. The van der Waals surface area contributed by atoms with Gasteiger partial charge in [-0.3, -0.25) is 4.79 Å². The van der Waals surface area contributed by atoms with Gasteiger partial charge >= 0.3 is 0 Å². The van der Waals surface area contributed by atoms with Crippen molar-refractivity contribution in [3.63, 3.8) is 0 Å². The van der Waals surface area contributed by atoms with Crippen molar-refractivity contribution in [2.24, 2.45) is 5.73 Å². The maximum Gasteiger partial charge on any atom is 0.150 e. The van der Waals surface area contributed by atoms with Crippen LogP contribution < -0.4 is 5.73 Å². The van der Waals surface area contributed by atoms with Crippen LogP contribution in [0.1, 0.15) is 24.8 Å². The van der Waals surface area contributed by atoms with Crippen molar-refractivity contribution >= 4 is 5.78 Å². The fourth-order valence-corrected chi connectivity index (χ4v) is 1.79. The number of ketones is 1. The van der Waals surface area contributed by atoms with Gasteiger partial charge in [-0.05, 0) is 31.0 Å². The molecular weight excluding hydrogens is 178 g/mol. The number of carbonyl (C=O) groups is 1. The number of aromatic hydroxyl groups is 1. The Morgan fingerprint density at radius 1 is 1.50 bits per heavy atom. The number of hydrogen-bond donors (Lipinski definition) is 2. The summed E-state index contributed by atoms with van der Waals surface area (Å²) in [7, 11) is 0. The second-order valence-electron chi connectivity index (χ2n) is 3.94. The molecule has 3 nitrogen and oxygen atoms in total. The Morgan fingerprint density at radius 2 is 2.07 bits per heavy atom. The molecule has 0 aliphatic heterocycles. The molecule has 3 N–H and O–H groups in total. The molecule has 1 aromatic carbocycles. The number of carbonyl (C=O) groups excluding carboxylic acids is 1. The second-order valence-corrected chi connectivity index (χ2v) is 3.94. The lowest BCUT2D eigenvalue weighted by molar-refractivity contribution is -0.119. The van der Waals surface area contributed by atoms with Crippen LogP contribution in [0.15, 0.2) is 24.3 Å². The number of hydrogen-bond acceptors (Lipinski definition) is 3. The minimum atomic E-state index is -0.656. The molecule has 1 aromatic rings. The van der Waals surface area contributed by atoms with Crippen LogP contribution >= 0.6 is 0 Å². The topological polar surface area (TPSA) is 63.3 Å². The van der Waals surface area contributed by atoms with Gasteiger partial charge in [-0.25, -0.2) is 0 Å². The molecule has 0 bridgehead atoms. The standard InChI is InChI=1S/C11H13NO2/c1-7(13)11(12)6-10(11)8-2-4-9(14)5-3-8/h2-5,10,14H,6,12H2,1H3/t10-,11?/m0/s1. The molecule has 1 fully saturated rings. The van der Waals surface area contributed by atoms with E-state index in [0.717, 1.165) is 5.56 Å². The summed E-state index contributed by atoms with van der Waals surface area (Å²) in [6.45, 7) is 1.53. The Hall–Kier alpha value is -1.35. The highest BCUT2D eigenvalue weighted by molar-refractivity contribution is 5.91. The first-order chi connectivity index (χ1) is 6.54. The van der Waals surface area contributed by atoms with Crippen LogP contribution in [-0.4, -0.2) is 16.4 Å². The Bertz CT molecular complexity index is 371. The van der Waals surface area contributed by atoms with E-state index in [-0.39, 0.29) is 17.5 Å². The molecule has 0 spiro atoms. The molecule has 1 aliphatic rings. The molecule has 0 radical (unpaired) electrons. The normalized spacial score (nSPS) is 30.0. The van der Waals surface area contributed by atoms with Gasteiger partial charge in [0, 0.05) is 5.92 Å². The van der Waals surface area contributed by atoms with E-state index in [1.165, 1.54) is 6.92 Å². The zero-order chi connectivity index (χ0) is 10.3. The number of benzene rings is 1. The number of Topliss-reactive ketones (excluding diaryl/α,β-unsaturated/α-hetero) is 1. The van der Waals surface area contributed by atoms with E-state index in [2.05, 4.69) is 0 Å². The molecular formula is C11H13NO2. The van der Waals surface area contributed by atoms with Crippen molar-refractivity contribution in [2.45, 2.75) is 24.8 Å². The van der Waals surface area contributed by atoms with Crippen molar-refractivity contribution in [2.75, 3.05) is 0 Å². The maximum atomic E-state index is 11.2. The van der Waals surface area contributed by atoms with Gasteiger partial charge in [0.1, 0.15) is 11.5 Å². The van der Waals surface area contributed by atoms with Crippen LogP contribution in [0.3, 0.4) is 0 Å². The number of rotatable bonds is 2. The Labute approximate surface area is 82.5 Å². The zero-order valence-electron chi connectivity index (χ0n) is 8.03. The number of nitrogens with two attached hydrogens (primary N) is 1. The first-order valence-electron chi connectivity index (χ1n) is 4.63. The average Bonchev–Trinajstić information content (AvgIpc) is 2.81. The lowest BCUT2D eigenvalue weighted by atomic mass is 10.0. The largest absolute Gasteiger partial charge is 0.508 e. The van der Waals surface area contributed by atoms with Crippen molar-refractivity contribution in [1.82, 2.24) is 0 Å². The molecule has 1 saturated carbocycles. The molecule has 14 heavy (non-hydrogen) atoms. The van der Waals surface area contributed by atoms with Gasteiger partial charge in [-0.1, -0.05) is 12.1 Å². The minimum Gasteiger partial charge on any atom is -0.508 e. The molecule has 0 aromatic heterocycles. The lowest BCUT2D eigenvalue weighted by Crippen LogP contribution is -2.32. The zero-order valence-corrected chi connectivity index (χ0v) is 8.03. The van der Waals surface area contributed by atoms with Crippen LogP contribution in [0.5, 0.6) is 5.75 Å². The predicted octanol–water partition coefficient (Wildman–Crippen LogP) is 1.17. The summed E-state index contributed by atoms with van der Waals surface area (Å²) in [5.74, 6) is 0.399. The molecule has 2 atom stereocenters. The predicted molar refractivity (Wildman–Crippen MR) is 53.1 cm³/mol. The van der Waals surface area contributed by atoms with Gasteiger partial charge in [0.25, 0.3) is 0 Å². The summed E-state index contributed by atoms with van der Waals surface area (Å²) in [5, 5.41) is 9.10. The number of phenolic OH excluding ortho intramolecular Hbond substituents is 1. The summed E-state index contributed by atoms with van der Waals surface area (Å²) in [5.41, 5.74) is 6.26. The van der Waals surface area contributed by atoms with Gasteiger partial charge in [0.05, 0.1) is 5.54 Å². The smallest absolute Gasteiger partial charge is 0.150 e. The van der Waals surface area contributed by atoms with Gasteiger partial charge in [-0.15, -0.1) is 0 Å². The van der Waals surface area contributed by atoms with E-state index in [9.17, 15) is 4.79 Å². The van der Waals surface area contributed by atoms with E-state index in [1.807, 2.05) is 12.1 Å². The Kier molecular flexibility index (Phi) is 1.86. The fraction of sp³-hybridized carbons (Fsp3) is 0.364. The summed E-state index contributed by atoms with van der Waals surface area (Å²) in [6, 6.07) is 6.87. The van der Waals surface area contributed by atoms with Gasteiger partial charge in [0.15, 0.2) is 0 Å². The molecule has 2 rings (SSSR count). The SMILES string of the molecule is CC(=O)C1(N)C[C@H]1c1ccc(O)cc1. The van der Waals surface area contributed by atoms with Crippen LogP contribution in [0.25, 0.3) is 0 Å². The fourth-order valence-electron chi connectivity index (χ4n) is 1.79. The van der Waals surface area contributed by atoms with Crippen LogP contribution in [0, 0.1) is 0 Å². The third-order valence-electron chi connectivity index (χ3n) is 2.95. The van der Waals surface area contributed by atoms with E-state index in [0.29, 0.717) is 6.42 Å². The third kappa shape index (κ3) is 1.30. The van der Waals surface area contributed by atoms with Crippen LogP contribution in [0.2, 0.25) is 0 Å². The van der Waals surface area contributed by atoms with Gasteiger partial charge < -0.3 is 10.8 Å². The van der Waals surface area contributed by atoms with Crippen molar-refractivity contribution in [3.8, 4) is 5.75 Å². The highest BCUT2D eigenvalue weighted by Gasteiger charge is 2.55. The van der Waals surface area contributed by atoms with Gasteiger partial charge in [0.2, 0.25) is 0 Å². The average molecular weight is 191 g/mol. The van der Waals surface area contributed by atoms with E-state index in [1.54, 1.807) is 12.1 Å². The molecule has 1 unspecified atom stereocenters. The second kappa shape index (κ2) is 2.82. The monoisotopic (exact) mass is 191 g/mol. The quantitative estimate of drug-likeness (QED) is 0.737. The van der Waals surface area contributed by atoms with E-state index >= 15 is 0 Å². The van der Waals surface area contributed by atoms with Gasteiger partial charge in [-0.2, -0.15) is 0 Å². The van der Waals surface area contributed by atoms with Crippen LogP contribution in [0.4, 0.5) is 0 Å². The maximum absolute atomic E-state index is 11.2. The van der Waals surface area contributed by atoms with Crippen molar-refractivity contribution in [1.29, 1.82) is 0 Å². The molecule has 74 valence electrons.